The fraction of sp³-hybridized carbons (Fsp3) is 0.118. The molecule has 6 nitrogen and oxygen atoms in total. The molecule has 3 aromatic rings. The quantitative estimate of drug-likeness (QED) is 0.538. The van der Waals surface area contributed by atoms with Gasteiger partial charge in [0.15, 0.2) is 5.17 Å². The van der Waals surface area contributed by atoms with Crippen molar-refractivity contribution in [2.45, 2.75) is 5.75 Å². The Hall–Kier alpha value is -2.51. The van der Waals surface area contributed by atoms with E-state index in [0.717, 1.165) is 0 Å². The van der Waals surface area contributed by atoms with Gasteiger partial charge in [0, 0.05) is 11.1 Å². The lowest BCUT2D eigenvalue weighted by molar-refractivity contribution is 0.415. The summed E-state index contributed by atoms with van der Waals surface area (Å²) in [4.78, 5) is 23.6. The Bertz CT molecular complexity index is 1000. The molecule has 0 aliphatic rings. The first kappa shape index (κ1) is 17.3. The largest absolute Gasteiger partial charge is 0.497 e. The highest BCUT2D eigenvalue weighted by Crippen LogP contribution is 2.21. The number of aromatic amines is 1. The molecule has 0 radical (unpaired) electrons. The zero-order chi connectivity index (χ0) is 17.8. The van der Waals surface area contributed by atoms with Gasteiger partial charge in [0.05, 0.1) is 29.5 Å². The van der Waals surface area contributed by atoms with Crippen molar-refractivity contribution in [2.75, 3.05) is 7.11 Å². The number of aliphatic imine (C=N–C) groups is 1. The molecule has 0 amide bonds. The number of amidine groups is 1. The first-order valence-electron chi connectivity index (χ1n) is 7.34. The summed E-state index contributed by atoms with van der Waals surface area (Å²) in [5.41, 5.74) is 6.99. The van der Waals surface area contributed by atoms with Crippen LogP contribution in [0.3, 0.4) is 0 Å². The van der Waals surface area contributed by atoms with E-state index in [1.54, 1.807) is 31.4 Å². The Morgan fingerprint density at radius 1 is 1.36 bits per heavy atom. The maximum absolute atomic E-state index is 12.1. The van der Waals surface area contributed by atoms with E-state index in [0.29, 0.717) is 44.1 Å². The summed E-state index contributed by atoms with van der Waals surface area (Å²) in [6.45, 7) is 0. The SMILES string of the molecule is COc1cccc(N=C(N)SCc2nc3cc(Cl)ccc3c(=O)[nH]2)c1. The molecule has 3 rings (SSSR count). The van der Waals surface area contributed by atoms with Crippen molar-refractivity contribution < 1.29 is 4.74 Å². The van der Waals surface area contributed by atoms with Crippen LogP contribution in [0.5, 0.6) is 5.75 Å². The van der Waals surface area contributed by atoms with E-state index in [-0.39, 0.29) is 5.56 Å². The lowest BCUT2D eigenvalue weighted by atomic mass is 10.2. The molecule has 0 unspecified atom stereocenters. The van der Waals surface area contributed by atoms with E-state index in [4.69, 9.17) is 22.1 Å². The number of hydrogen-bond acceptors (Lipinski definition) is 5. The first-order chi connectivity index (χ1) is 12.0. The number of nitrogens with zero attached hydrogens (tertiary/aromatic N) is 2. The summed E-state index contributed by atoms with van der Waals surface area (Å²) in [5.74, 6) is 1.60. The monoisotopic (exact) mass is 374 g/mol. The normalized spacial score (nSPS) is 11.7. The third-order valence-corrected chi connectivity index (χ3v) is 4.41. The van der Waals surface area contributed by atoms with Crippen molar-refractivity contribution in [3.8, 4) is 5.75 Å². The second-order valence-electron chi connectivity index (χ2n) is 5.11. The molecular formula is C17H15ClN4O2S. The molecule has 0 atom stereocenters. The molecule has 3 N–H and O–H groups in total. The predicted octanol–water partition coefficient (Wildman–Crippen LogP) is 3.46. The Kier molecular flexibility index (Phi) is 5.25. The maximum Gasteiger partial charge on any atom is 0.258 e. The number of H-pyrrole nitrogens is 1. The van der Waals surface area contributed by atoms with Crippen LogP contribution in [0.1, 0.15) is 5.82 Å². The standard InChI is InChI=1S/C17H15ClN4O2S/c1-24-12-4-2-3-11(8-12)20-17(19)25-9-15-21-14-7-10(18)5-6-13(14)16(23)22-15/h2-8H,9H2,1H3,(H2,19,20)(H,21,22,23). The molecule has 0 aliphatic carbocycles. The van der Waals surface area contributed by atoms with Crippen LogP contribution in [0.4, 0.5) is 5.69 Å². The molecule has 0 spiro atoms. The molecule has 1 aromatic heterocycles. The number of hydrogen-bond donors (Lipinski definition) is 2. The van der Waals surface area contributed by atoms with Gasteiger partial charge in [-0.15, -0.1) is 0 Å². The van der Waals surface area contributed by atoms with Crippen LogP contribution in [0.15, 0.2) is 52.3 Å². The first-order valence-corrected chi connectivity index (χ1v) is 8.71. The number of aromatic nitrogens is 2. The summed E-state index contributed by atoms with van der Waals surface area (Å²) in [6, 6.07) is 12.2. The second kappa shape index (κ2) is 7.58. The van der Waals surface area contributed by atoms with Crippen LogP contribution >= 0.6 is 23.4 Å². The number of halogens is 1. The second-order valence-corrected chi connectivity index (χ2v) is 6.55. The third-order valence-electron chi connectivity index (χ3n) is 3.37. The van der Waals surface area contributed by atoms with Crippen molar-refractivity contribution in [3.63, 3.8) is 0 Å². The van der Waals surface area contributed by atoms with Crippen molar-refractivity contribution in [3.05, 3.63) is 63.7 Å². The number of rotatable bonds is 4. The summed E-state index contributed by atoms with van der Waals surface area (Å²) >= 11 is 7.24. The molecule has 1 heterocycles. The molecule has 128 valence electrons. The molecule has 8 heteroatoms. The summed E-state index contributed by atoms with van der Waals surface area (Å²) < 4.78 is 5.15. The molecule has 0 fully saturated rings. The van der Waals surface area contributed by atoms with Gasteiger partial charge in [-0.05, 0) is 30.3 Å². The molecule has 0 aliphatic heterocycles. The molecule has 0 saturated heterocycles. The number of methoxy groups -OCH3 is 1. The topological polar surface area (TPSA) is 93.4 Å². The Balaban J connectivity index is 1.77. The van der Waals surface area contributed by atoms with Gasteiger partial charge in [0.2, 0.25) is 0 Å². The van der Waals surface area contributed by atoms with E-state index >= 15 is 0 Å². The highest BCUT2D eigenvalue weighted by Gasteiger charge is 2.06. The van der Waals surface area contributed by atoms with Gasteiger partial charge in [-0.25, -0.2) is 9.98 Å². The average Bonchev–Trinajstić information content (AvgIpc) is 2.59. The summed E-state index contributed by atoms with van der Waals surface area (Å²) in [6.07, 6.45) is 0. The molecule has 25 heavy (non-hydrogen) atoms. The Labute approximate surface area is 153 Å². The summed E-state index contributed by atoms with van der Waals surface area (Å²) in [7, 11) is 1.59. The number of fused-ring (bicyclic) bond motifs is 1. The van der Waals surface area contributed by atoms with Gasteiger partial charge in [-0.2, -0.15) is 0 Å². The van der Waals surface area contributed by atoms with Crippen molar-refractivity contribution in [1.82, 2.24) is 9.97 Å². The van der Waals surface area contributed by atoms with Crippen molar-refractivity contribution in [2.24, 2.45) is 10.7 Å². The summed E-state index contributed by atoms with van der Waals surface area (Å²) in [5, 5.41) is 1.39. The minimum absolute atomic E-state index is 0.208. The van der Waals surface area contributed by atoms with Gasteiger partial charge in [-0.3, -0.25) is 4.79 Å². The van der Waals surface area contributed by atoms with E-state index in [1.165, 1.54) is 11.8 Å². The third kappa shape index (κ3) is 4.32. The highest BCUT2D eigenvalue weighted by molar-refractivity contribution is 8.13. The van der Waals surface area contributed by atoms with Crippen LogP contribution in [0.2, 0.25) is 5.02 Å². The number of nitrogens with one attached hydrogen (secondary N) is 1. The van der Waals surface area contributed by atoms with Crippen LogP contribution < -0.4 is 16.0 Å². The van der Waals surface area contributed by atoms with E-state index in [9.17, 15) is 4.79 Å². The van der Waals surface area contributed by atoms with Crippen LogP contribution in [0.25, 0.3) is 10.9 Å². The Morgan fingerprint density at radius 3 is 3.00 bits per heavy atom. The van der Waals surface area contributed by atoms with Crippen LogP contribution in [0, 0.1) is 0 Å². The molecule has 0 bridgehead atoms. The Morgan fingerprint density at radius 2 is 2.20 bits per heavy atom. The zero-order valence-electron chi connectivity index (χ0n) is 13.3. The van der Waals surface area contributed by atoms with Gasteiger partial charge < -0.3 is 15.5 Å². The number of benzene rings is 2. The average molecular weight is 375 g/mol. The fourth-order valence-corrected chi connectivity index (χ4v) is 2.97. The number of nitrogens with two attached hydrogens (primary N) is 1. The molecule has 2 aromatic carbocycles. The van der Waals surface area contributed by atoms with E-state index in [1.807, 2.05) is 18.2 Å². The lowest BCUT2D eigenvalue weighted by Crippen LogP contribution is -2.13. The number of thioether (sulfide) groups is 1. The molecule has 0 saturated carbocycles. The van der Waals surface area contributed by atoms with Crippen molar-refractivity contribution in [1.29, 1.82) is 0 Å². The van der Waals surface area contributed by atoms with E-state index < -0.39 is 0 Å². The predicted molar refractivity (Wildman–Crippen MR) is 103 cm³/mol. The van der Waals surface area contributed by atoms with Gasteiger partial charge in [0.25, 0.3) is 5.56 Å². The molecular weight excluding hydrogens is 360 g/mol. The minimum atomic E-state index is -0.208. The van der Waals surface area contributed by atoms with Gasteiger partial charge in [0.1, 0.15) is 11.6 Å². The zero-order valence-corrected chi connectivity index (χ0v) is 14.9. The minimum Gasteiger partial charge on any atom is -0.497 e. The van der Waals surface area contributed by atoms with Gasteiger partial charge >= 0.3 is 0 Å². The highest BCUT2D eigenvalue weighted by atomic mass is 35.5. The number of ether oxygens (including phenoxy) is 1. The lowest BCUT2D eigenvalue weighted by Gasteiger charge is -2.04. The smallest absolute Gasteiger partial charge is 0.258 e. The van der Waals surface area contributed by atoms with Gasteiger partial charge in [-0.1, -0.05) is 29.4 Å². The van der Waals surface area contributed by atoms with Crippen molar-refractivity contribution >= 4 is 45.1 Å². The van der Waals surface area contributed by atoms with E-state index in [2.05, 4.69) is 15.0 Å². The van der Waals surface area contributed by atoms with Crippen LogP contribution in [-0.2, 0) is 5.75 Å². The van der Waals surface area contributed by atoms with Crippen LogP contribution in [-0.4, -0.2) is 22.2 Å². The fourth-order valence-electron chi connectivity index (χ4n) is 2.21. The maximum atomic E-state index is 12.1.